The molecule has 2 heterocycles. The zero-order valence-corrected chi connectivity index (χ0v) is 20.0. The van der Waals surface area contributed by atoms with Crippen molar-refractivity contribution >= 4 is 33.4 Å². The summed E-state index contributed by atoms with van der Waals surface area (Å²) in [6, 6.07) is 16.5. The van der Waals surface area contributed by atoms with Crippen molar-refractivity contribution < 1.29 is 9.53 Å². The van der Waals surface area contributed by atoms with Crippen molar-refractivity contribution in [3.8, 4) is 5.75 Å². The fraction of sp³-hybridized carbons (Fsp3) is 0.357. The van der Waals surface area contributed by atoms with Crippen molar-refractivity contribution in [3.05, 3.63) is 65.9 Å². The minimum Gasteiger partial charge on any atom is -0.497 e. The van der Waals surface area contributed by atoms with Crippen LogP contribution in [0.15, 0.2) is 54.7 Å². The molecule has 3 N–H and O–H groups in total. The Hall–Kier alpha value is -3.38. The number of methoxy groups -OCH3 is 1. The number of carbonyl (C=O) groups is 1. The number of anilines is 1. The Balaban J connectivity index is 1.31. The Morgan fingerprint density at radius 1 is 1.12 bits per heavy atom. The number of Topliss-reactive ketones (excluding diaryl/α,β-unsaturated/α-hetero) is 1. The fourth-order valence-electron chi connectivity index (χ4n) is 5.25. The van der Waals surface area contributed by atoms with Gasteiger partial charge in [0.05, 0.1) is 18.7 Å². The lowest BCUT2D eigenvalue weighted by Crippen LogP contribution is -2.42. The summed E-state index contributed by atoms with van der Waals surface area (Å²) in [5, 5.41) is 9.55. The first-order valence-corrected chi connectivity index (χ1v) is 12.1. The van der Waals surface area contributed by atoms with Crippen LogP contribution in [0.25, 0.3) is 21.8 Å². The molecule has 0 aliphatic heterocycles. The van der Waals surface area contributed by atoms with Gasteiger partial charge in [-0.2, -0.15) is 0 Å². The lowest BCUT2D eigenvalue weighted by molar-refractivity contribution is -0.119. The minimum absolute atomic E-state index is 0.141. The first-order valence-electron chi connectivity index (χ1n) is 12.1. The molecule has 2 aromatic carbocycles. The molecule has 1 fully saturated rings. The number of ketones is 1. The summed E-state index contributed by atoms with van der Waals surface area (Å²) in [7, 11) is 1.68. The Morgan fingerprint density at radius 2 is 1.94 bits per heavy atom. The minimum atomic E-state index is -0.309. The lowest BCUT2D eigenvalue weighted by atomic mass is 9.89. The molecule has 1 saturated carbocycles. The Labute approximate surface area is 200 Å². The van der Waals surface area contributed by atoms with E-state index in [2.05, 4.69) is 34.7 Å². The van der Waals surface area contributed by atoms with Gasteiger partial charge in [-0.25, -0.2) is 4.98 Å². The third-order valence-corrected chi connectivity index (χ3v) is 6.99. The number of rotatable bonds is 7. The van der Waals surface area contributed by atoms with E-state index in [0.29, 0.717) is 6.04 Å². The molecule has 3 atom stereocenters. The van der Waals surface area contributed by atoms with Crippen LogP contribution in [0.3, 0.4) is 0 Å². The van der Waals surface area contributed by atoms with Gasteiger partial charge in [-0.05, 0) is 75.4 Å². The Kier molecular flexibility index (Phi) is 6.24. The van der Waals surface area contributed by atoms with Gasteiger partial charge in [0.15, 0.2) is 5.78 Å². The molecule has 176 valence electrons. The normalized spacial score (nSPS) is 19.3. The monoisotopic (exact) mass is 456 g/mol. The number of aromatic nitrogens is 2. The molecule has 0 radical (unpaired) electrons. The van der Waals surface area contributed by atoms with Crippen LogP contribution in [0.5, 0.6) is 5.75 Å². The van der Waals surface area contributed by atoms with E-state index in [1.165, 1.54) is 5.56 Å². The van der Waals surface area contributed by atoms with Crippen molar-refractivity contribution in [2.24, 2.45) is 0 Å². The van der Waals surface area contributed by atoms with E-state index in [-0.39, 0.29) is 17.9 Å². The quantitative estimate of drug-likeness (QED) is 0.334. The summed E-state index contributed by atoms with van der Waals surface area (Å²) >= 11 is 0. The molecule has 1 aliphatic carbocycles. The van der Waals surface area contributed by atoms with Gasteiger partial charge in [-0.1, -0.05) is 18.2 Å². The molecule has 0 amide bonds. The standard InChI is InChI=1S/C28H32N4O2/c1-17-13-27(32-26-12-11-21(34-3)15-23(17)26)30-19-7-6-8-20(14-19)31-28(18(2)33)24-16-29-25-10-5-4-9-22(24)25/h4-5,9-13,15-16,19-20,28-29,31H,6-8,14H2,1-3H3,(H,30,32). The second-order valence-electron chi connectivity index (χ2n) is 9.41. The maximum Gasteiger partial charge on any atom is 0.151 e. The van der Waals surface area contributed by atoms with Crippen molar-refractivity contribution in [1.82, 2.24) is 15.3 Å². The highest BCUT2D eigenvalue weighted by Gasteiger charge is 2.28. The van der Waals surface area contributed by atoms with Gasteiger partial charge < -0.3 is 20.4 Å². The largest absolute Gasteiger partial charge is 0.497 e. The number of benzene rings is 2. The van der Waals surface area contributed by atoms with Gasteiger partial charge in [-0.3, -0.25) is 4.79 Å². The number of H-pyrrole nitrogens is 1. The van der Waals surface area contributed by atoms with Crippen LogP contribution in [0.2, 0.25) is 0 Å². The molecule has 0 saturated heterocycles. The first-order chi connectivity index (χ1) is 16.5. The van der Waals surface area contributed by atoms with Gasteiger partial charge in [0, 0.05) is 40.1 Å². The van der Waals surface area contributed by atoms with E-state index in [1.54, 1.807) is 14.0 Å². The highest BCUT2D eigenvalue weighted by molar-refractivity contribution is 5.91. The molecular weight excluding hydrogens is 424 g/mol. The number of ether oxygens (including phenoxy) is 1. The summed E-state index contributed by atoms with van der Waals surface area (Å²) in [6.45, 7) is 3.79. The van der Waals surface area contributed by atoms with Crippen LogP contribution < -0.4 is 15.4 Å². The van der Waals surface area contributed by atoms with Gasteiger partial charge in [-0.15, -0.1) is 0 Å². The number of hydrogen-bond acceptors (Lipinski definition) is 5. The molecule has 0 bridgehead atoms. The Bertz CT molecular complexity index is 1330. The maximum atomic E-state index is 12.6. The number of carbonyl (C=O) groups excluding carboxylic acids is 1. The second kappa shape index (κ2) is 9.47. The van der Waals surface area contributed by atoms with E-state index in [9.17, 15) is 4.79 Å². The number of aryl methyl sites for hydroxylation is 1. The predicted molar refractivity (Wildman–Crippen MR) is 138 cm³/mol. The molecule has 6 nitrogen and oxygen atoms in total. The molecule has 4 aromatic rings. The number of nitrogens with one attached hydrogen (secondary N) is 3. The molecular formula is C28H32N4O2. The molecule has 34 heavy (non-hydrogen) atoms. The van der Waals surface area contributed by atoms with Crippen LogP contribution in [-0.2, 0) is 4.79 Å². The van der Waals surface area contributed by atoms with Crippen molar-refractivity contribution in [1.29, 1.82) is 0 Å². The van der Waals surface area contributed by atoms with Crippen LogP contribution >= 0.6 is 0 Å². The molecule has 3 unspecified atom stereocenters. The molecule has 2 aromatic heterocycles. The van der Waals surface area contributed by atoms with Gasteiger partial charge in [0.25, 0.3) is 0 Å². The summed E-state index contributed by atoms with van der Waals surface area (Å²) < 4.78 is 5.36. The maximum absolute atomic E-state index is 12.6. The van der Waals surface area contributed by atoms with E-state index in [1.807, 2.05) is 42.6 Å². The molecule has 6 heteroatoms. The first kappa shape index (κ1) is 22.4. The summed E-state index contributed by atoms with van der Waals surface area (Å²) in [5.41, 5.74) is 4.22. The highest BCUT2D eigenvalue weighted by Crippen LogP contribution is 2.30. The van der Waals surface area contributed by atoms with Crippen molar-refractivity contribution in [3.63, 3.8) is 0 Å². The smallest absolute Gasteiger partial charge is 0.151 e. The SMILES string of the molecule is COc1ccc2nc(NC3CCCC(NC(C(C)=O)c4c[nH]c5ccccc45)C3)cc(C)c2c1. The number of fused-ring (bicyclic) bond motifs is 2. The molecule has 1 aliphatic rings. The molecule has 5 rings (SSSR count). The lowest BCUT2D eigenvalue weighted by Gasteiger charge is -2.33. The van der Waals surface area contributed by atoms with Gasteiger partial charge >= 0.3 is 0 Å². The van der Waals surface area contributed by atoms with E-state index >= 15 is 0 Å². The van der Waals surface area contributed by atoms with E-state index in [4.69, 9.17) is 9.72 Å². The van der Waals surface area contributed by atoms with Gasteiger partial charge in [0.1, 0.15) is 11.6 Å². The zero-order valence-electron chi connectivity index (χ0n) is 20.0. The van der Waals surface area contributed by atoms with Crippen LogP contribution in [-0.4, -0.2) is 34.9 Å². The predicted octanol–water partition coefficient (Wildman–Crippen LogP) is 5.68. The number of hydrogen-bond donors (Lipinski definition) is 3. The third-order valence-electron chi connectivity index (χ3n) is 6.99. The average Bonchev–Trinajstić information content (AvgIpc) is 3.26. The highest BCUT2D eigenvalue weighted by atomic mass is 16.5. The third kappa shape index (κ3) is 4.50. The Morgan fingerprint density at radius 3 is 2.76 bits per heavy atom. The van der Waals surface area contributed by atoms with E-state index in [0.717, 1.165) is 64.6 Å². The van der Waals surface area contributed by atoms with Crippen LogP contribution in [0, 0.1) is 6.92 Å². The summed E-state index contributed by atoms with van der Waals surface area (Å²) in [5.74, 6) is 1.89. The fourth-order valence-corrected chi connectivity index (χ4v) is 5.25. The van der Waals surface area contributed by atoms with Crippen LogP contribution in [0.1, 0.15) is 49.8 Å². The second-order valence-corrected chi connectivity index (χ2v) is 9.41. The number of para-hydroxylation sites is 1. The topological polar surface area (TPSA) is 79.0 Å². The van der Waals surface area contributed by atoms with Gasteiger partial charge in [0.2, 0.25) is 0 Å². The summed E-state index contributed by atoms with van der Waals surface area (Å²) in [4.78, 5) is 20.8. The van der Waals surface area contributed by atoms with Crippen molar-refractivity contribution in [2.75, 3.05) is 12.4 Å². The van der Waals surface area contributed by atoms with Crippen molar-refractivity contribution in [2.45, 2.75) is 57.7 Å². The average molecular weight is 457 g/mol. The van der Waals surface area contributed by atoms with E-state index < -0.39 is 0 Å². The summed E-state index contributed by atoms with van der Waals surface area (Å²) in [6.07, 6.45) is 6.19. The number of nitrogens with zero attached hydrogens (tertiary/aromatic N) is 1. The number of pyridine rings is 1. The zero-order chi connectivity index (χ0) is 23.7. The van der Waals surface area contributed by atoms with Crippen LogP contribution in [0.4, 0.5) is 5.82 Å². The number of aromatic amines is 1. The molecule has 0 spiro atoms.